The summed E-state index contributed by atoms with van der Waals surface area (Å²) in [6.45, 7) is 1.93. The number of aromatic amines is 1. The zero-order valence-corrected chi connectivity index (χ0v) is 14.3. The standard InChI is InChI=1S/C18H16F3N5O/c1-11-4-2-5-12(8-11)9-15(16-23-25-26-24-16)17(27)22-14-7-3-6-13(10-14)18(19,20)21/h2-8,10,15H,9H2,1H3,(H,22,27)(H,23,24,25,26)/t15-/m1/s1. The zero-order valence-electron chi connectivity index (χ0n) is 14.3. The molecule has 0 aliphatic heterocycles. The summed E-state index contributed by atoms with van der Waals surface area (Å²) in [7, 11) is 0. The third kappa shape index (κ3) is 4.69. The number of carbonyl (C=O) groups excluding carboxylic acids is 1. The number of nitrogens with zero attached hydrogens (tertiary/aromatic N) is 3. The van der Waals surface area contributed by atoms with Gasteiger partial charge in [-0.2, -0.15) is 18.4 Å². The highest BCUT2D eigenvalue weighted by Crippen LogP contribution is 2.31. The van der Waals surface area contributed by atoms with Gasteiger partial charge in [-0.1, -0.05) is 41.1 Å². The highest BCUT2D eigenvalue weighted by atomic mass is 19.4. The molecule has 0 bridgehead atoms. The Kier molecular flexibility index (Phi) is 5.20. The van der Waals surface area contributed by atoms with Crippen LogP contribution in [-0.4, -0.2) is 26.5 Å². The van der Waals surface area contributed by atoms with Gasteiger partial charge in [-0.25, -0.2) is 0 Å². The fourth-order valence-electron chi connectivity index (χ4n) is 2.70. The van der Waals surface area contributed by atoms with Crippen LogP contribution in [0, 0.1) is 6.92 Å². The third-order valence-electron chi connectivity index (χ3n) is 3.97. The highest BCUT2D eigenvalue weighted by Gasteiger charge is 2.31. The molecule has 140 valence electrons. The number of hydrogen-bond acceptors (Lipinski definition) is 4. The van der Waals surface area contributed by atoms with Gasteiger partial charge in [0.25, 0.3) is 0 Å². The summed E-state index contributed by atoms with van der Waals surface area (Å²) in [5, 5.41) is 16.0. The van der Waals surface area contributed by atoms with Crippen LogP contribution in [0.15, 0.2) is 48.5 Å². The first-order valence-corrected chi connectivity index (χ1v) is 8.10. The first kappa shape index (κ1) is 18.6. The van der Waals surface area contributed by atoms with Crippen LogP contribution in [0.25, 0.3) is 0 Å². The van der Waals surface area contributed by atoms with Crippen LogP contribution in [0.4, 0.5) is 18.9 Å². The number of aromatic nitrogens is 4. The molecule has 1 heterocycles. The monoisotopic (exact) mass is 375 g/mol. The topological polar surface area (TPSA) is 83.6 Å². The van der Waals surface area contributed by atoms with Crippen molar-refractivity contribution in [2.24, 2.45) is 0 Å². The van der Waals surface area contributed by atoms with Crippen molar-refractivity contribution in [2.45, 2.75) is 25.4 Å². The Morgan fingerprint density at radius 1 is 1.19 bits per heavy atom. The maximum absolute atomic E-state index is 12.9. The van der Waals surface area contributed by atoms with Crippen LogP contribution in [0.5, 0.6) is 0 Å². The van der Waals surface area contributed by atoms with Crippen LogP contribution in [-0.2, 0) is 17.4 Å². The van der Waals surface area contributed by atoms with Gasteiger partial charge in [-0.3, -0.25) is 4.79 Å². The number of nitrogens with one attached hydrogen (secondary N) is 2. The van der Waals surface area contributed by atoms with Crippen molar-refractivity contribution in [1.29, 1.82) is 0 Å². The minimum atomic E-state index is -4.49. The number of aryl methyl sites for hydroxylation is 1. The van der Waals surface area contributed by atoms with Crippen molar-refractivity contribution in [2.75, 3.05) is 5.32 Å². The van der Waals surface area contributed by atoms with Gasteiger partial charge in [0.15, 0.2) is 5.82 Å². The molecule has 2 N–H and O–H groups in total. The van der Waals surface area contributed by atoms with E-state index in [4.69, 9.17) is 0 Å². The fraction of sp³-hybridized carbons (Fsp3) is 0.222. The normalized spacial score (nSPS) is 12.6. The molecule has 0 spiro atoms. The lowest BCUT2D eigenvalue weighted by Crippen LogP contribution is -2.24. The van der Waals surface area contributed by atoms with Gasteiger partial charge in [-0.15, -0.1) is 10.2 Å². The van der Waals surface area contributed by atoms with E-state index in [2.05, 4.69) is 25.9 Å². The Balaban J connectivity index is 1.84. The van der Waals surface area contributed by atoms with Crippen molar-refractivity contribution in [3.8, 4) is 0 Å². The molecule has 27 heavy (non-hydrogen) atoms. The number of halogens is 3. The van der Waals surface area contributed by atoms with E-state index in [1.165, 1.54) is 12.1 Å². The van der Waals surface area contributed by atoms with Gasteiger partial charge in [0.2, 0.25) is 5.91 Å². The number of tetrazole rings is 1. The smallest absolute Gasteiger partial charge is 0.325 e. The predicted octanol–water partition coefficient (Wildman–Crippen LogP) is 3.49. The molecule has 0 unspecified atom stereocenters. The number of anilines is 1. The third-order valence-corrected chi connectivity index (χ3v) is 3.97. The maximum Gasteiger partial charge on any atom is 0.416 e. The van der Waals surface area contributed by atoms with Crippen LogP contribution >= 0.6 is 0 Å². The minimum absolute atomic E-state index is 0.0487. The molecule has 3 rings (SSSR count). The molecule has 0 saturated carbocycles. The number of amides is 1. The minimum Gasteiger partial charge on any atom is -0.325 e. The number of hydrogen-bond donors (Lipinski definition) is 2. The van der Waals surface area contributed by atoms with E-state index in [-0.39, 0.29) is 17.9 Å². The van der Waals surface area contributed by atoms with E-state index in [1.807, 2.05) is 31.2 Å². The quantitative estimate of drug-likeness (QED) is 0.715. The molecule has 1 atom stereocenters. The Labute approximate surface area is 152 Å². The van der Waals surface area contributed by atoms with Gasteiger partial charge in [0.1, 0.15) is 5.92 Å². The van der Waals surface area contributed by atoms with Gasteiger partial charge >= 0.3 is 6.18 Å². The average molecular weight is 375 g/mol. The number of rotatable bonds is 5. The lowest BCUT2D eigenvalue weighted by atomic mass is 9.96. The van der Waals surface area contributed by atoms with Crippen LogP contribution < -0.4 is 5.32 Å². The Morgan fingerprint density at radius 3 is 2.63 bits per heavy atom. The van der Waals surface area contributed by atoms with E-state index < -0.39 is 23.6 Å². The number of benzene rings is 2. The number of alkyl halides is 3. The van der Waals surface area contributed by atoms with Crippen molar-refractivity contribution in [1.82, 2.24) is 20.6 Å². The number of H-pyrrole nitrogens is 1. The molecule has 3 aromatic rings. The molecule has 1 amide bonds. The summed E-state index contributed by atoms with van der Waals surface area (Å²) in [6.07, 6.45) is -4.21. The summed E-state index contributed by atoms with van der Waals surface area (Å²) in [5.41, 5.74) is 1.12. The van der Waals surface area contributed by atoms with E-state index in [9.17, 15) is 18.0 Å². The van der Waals surface area contributed by atoms with E-state index in [1.54, 1.807) is 0 Å². The SMILES string of the molecule is Cc1cccc(C[C@@H](C(=O)Nc2cccc(C(F)(F)F)c2)c2nn[nH]n2)c1. The lowest BCUT2D eigenvalue weighted by molar-refractivity contribution is -0.137. The second-order valence-electron chi connectivity index (χ2n) is 6.08. The average Bonchev–Trinajstić information content (AvgIpc) is 3.13. The van der Waals surface area contributed by atoms with Gasteiger partial charge < -0.3 is 5.32 Å². The predicted molar refractivity (Wildman–Crippen MR) is 91.9 cm³/mol. The summed E-state index contributed by atoms with van der Waals surface area (Å²) in [6, 6.07) is 12.0. The zero-order chi connectivity index (χ0) is 19.4. The maximum atomic E-state index is 12.9. The van der Waals surface area contributed by atoms with Crippen molar-refractivity contribution < 1.29 is 18.0 Å². The van der Waals surface area contributed by atoms with Crippen molar-refractivity contribution in [3.05, 3.63) is 71.0 Å². The molecule has 2 aromatic carbocycles. The summed E-state index contributed by atoms with van der Waals surface area (Å²) in [5.74, 6) is -1.15. The van der Waals surface area contributed by atoms with Gasteiger partial charge in [0.05, 0.1) is 5.56 Å². The molecule has 0 aliphatic carbocycles. The second-order valence-corrected chi connectivity index (χ2v) is 6.08. The first-order chi connectivity index (χ1) is 12.8. The van der Waals surface area contributed by atoms with E-state index in [0.717, 1.165) is 23.3 Å². The summed E-state index contributed by atoms with van der Waals surface area (Å²) < 4.78 is 38.6. The first-order valence-electron chi connectivity index (χ1n) is 8.10. The van der Waals surface area contributed by atoms with Crippen molar-refractivity contribution >= 4 is 11.6 Å². The molecule has 0 radical (unpaired) electrons. The molecule has 0 fully saturated rings. The lowest BCUT2D eigenvalue weighted by Gasteiger charge is -2.15. The summed E-state index contributed by atoms with van der Waals surface area (Å²) in [4.78, 5) is 12.7. The number of carbonyl (C=O) groups is 1. The molecular formula is C18H16F3N5O. The van der Waals surface area contributed by atoms with Crippen LogP contribution in [0.1, 0.15) is 28.4 Å². The van der Waals surface area contributed by atoms with E-state index >= 15 is 0 Å². The summed E-state index contributed by atoms with van der Waals surface area (Å²) >= 11 is 0. The Morgan fingerprint density at radius 2 is 1.96 bits per heavy atom. The van der Waals surface area contributed by atoms with Crippen LogP contribution in [0.3, 0.4) is 0 Å². The molecule has 1 aromatic heterocycles. The molecule has 6 nitrogen and oxygen atoms in total. The van der Waals surface area contributed by atoms with Crippen LogP contribution in [0.2, 0.25) is 0 Å². The fourth-order valence-corrected chi connectivity index (χ4v) is 2.70. The second kappa shape index (κ2) is 7.56. The van der Waals surface area contributed by atoms with Crippen molar-refractivity contribution in [3.63, 3.8) is 0 Å². The highest BCUT2D eigenvalue weighted by molar-refractivity contribution is 5.95. The molecule has 9 heteroatoms. The van der Waals surface area contributed by atoms with Gasteiger partial charge in [0, 0.05) is 5.69 Å². The van der Waals surface area contributed by atoms with Gasteiger partial charge in [-0.05, 0) is 37.1 Å². The Hall–Kier alpha value is -3.23. The molecule has 0 saturated heterocycles. The molecule has 0 aliphatic rings. The van der Waals surface area contributed by atoms with E-state index in [0.29, 0.717) is 0 Å². The molecular weight excluding hydrogens is 359 g/mol. The largest absolute Gasteiger partial charge is 0.416 e. The Bertz CT molecular complexity index is 925.